The second-order valence-electron chi connectivity index (χ2n) is 8.92. The molecule has 0 aromatic rings. The predicted octanol–water partition coefficient (Wildman–Crippen LogP) is 6.08. The smallest absolute Gasteiger partial charge is 0.462 e. The summed E-state index contributed by atoms with van der Waals surface area (Å²) >= 11 is 0. The highest BCUT2D eigenvalue weighted by Gasteiger charge is 2.22. The maximum Gasteiger partial charge on any atom is 0.469 e. The van der Waals surface area contributed by atoms with Crippen LogP contribution in [0.3, 0.4) is 0 Å². The van der Waals surface area contributed by atoms with E-state index in [1.54, 1.807) is 0 Å². The minimum absolute atomic E-state index is 0.213. The molecule has 0 fully saturated rings. The van der Waals surface area contributed by atoms with Gasteiger partial charge in [0.15, 0.2) is 6.10 Å². The van der Waals surface area contributed by atoms with Gasteiger partial charge in [0, 0.05) is 12.8 Å². The van der Waals surface area contributed by atoms with E-state index in [0.717, 1.165) is 57.3 Å². The Morgan fingerprint density at radius 2 is 1.33 bits per heavy atom. The molecule has 0 radical (unpaired) electrons. The third kappa shape index (κ3) is 22.6. The minimum Gasteiger partial charge on any atom is -0.462 e. The molecule has 0 aliphatic rings. The number of unbranched alkanes of at least 4 members (excludes halogenated alkanes) is 9. The quantitative estimate of drug-likeness (QED) is 0.106. The van der Waals surface area contributed by atoms with Gasteiger partial charge in [-0.25, -0.2) is 4.57 Å². The molecule has 0 aromatic carbocycles. The first-order valence-electron chi connectivity index (χ1n) is 12.7. The van der Waals surface area contributed by atoms with Crippen LogP contribution in [0.15, 0.2) is 0 Å². The van der Waals surface area contributed by atoms with Gasteiger partial charge >= 0.3 is 19.8 Å². The Bertz CT molecular complexity index is 549. The Balaban J connectivity index is 4.15. The Labute approximate surface area is 200 Å². The molecule has 0 aliphatic carbocycles. The lowest BCUT2D eigenvalue weighted by Crippen LogP contribution is -2.29. The van der Waals surface area contributed by atoms with E-state index in [2.05, 4.69) is 25.3 Å². The van der Waals surface area contributed by atoms with Crippen LogP contribution < -0.4 is 0 Å². The van der Waals surface area contributed by atoms with Crippen LogP contribution in [0.4, 0.5) is 0 Å². The van der Waals surface area contributed by atoms with E-state index in [1.165, 1.54) is 25.7 Å². The molecule has 1 unspecified atom stereocenters. The standard InChI is InChI=1S/C24H47O8P/c1-4-6-7-10-14-17-23(25)30-19-22(20-31-33(27,28)29)32-24(26)18-15-12-9-8-11-13-16-21(3)5-2/h21-22H,4-20H2,1-3H3,(H2,27,28,29)/t21?,22-/m1/s1. The van der Waals surface area contributed by atoms with E-state index in [4.69, 9.17) is 19.3 Å². The van der Waals surface area contributed by atoms with Gasteiger partial charge in [-0.1, -0.05) is 91.4 Å². The van der Waals surface area contributed by atoms with Gasteiger partial charge in [0.05, 0.1) is 6.61 Å². The average Bonchev–Trinajstić information content (AvgIpc) is 2.76. The summed E-state index contributed by atoms with van der Waals surface area (Å²) in [7, 11) is -4.72. The number of esters is 2. The zero-order valence-electron chi connectivity index (χ0n) is 21.0. The second-order valence-corrected chi connectivity index (χ2v) is 10.2. The summed E-state index contributed by atoms with van der Waals surface area (Å²) < 4.78 is 25.8. The molecule has 196 valence electrons. The number of carbonyl (C=O) groups excluding carboxylic acids is 2. The monoisotopic (exact) mass is 494 g/mol. The van der Waals surface area contributed by atoms with Gasteiger partial charge in [0.25, 0.3) is 0 Å². The maximum atomic E-state index is 12.1. The van der Waals surface area contributed by atoms with E-state index < -0.39 is 32.5 Å². The van der Waals surface area contributed by atoms with Crippen molar-refractivity contribution in [1.29, 1.82) is 0 Å². The van der Waals surface area contributed by atoms with Crippen molar-refractivity contribution in [2.75, 3.05) is 13.2 Å². The fourth-order valence-corrected chi connectivity index (χ4v) is 3.71. The molecule has 2 atom stereocenters. The molecule has 0 spiro atoms. The Morgan fingerprint density at radius 3 is 1.91 bits per heavy atom. The topological polar surface area (TPSA) is 119 Å². The van der Waals surface area contributed by atoms with Crippen molar-refractivity contribution in [2.24, 2.45) is 5.92 Å². The first-order chi connectivity index (χ1) is 15.7. The molecule has 2 N–H and O–H groups in total. The lowest BCUT2D eigenvalue weighted by molar-refractivity contribution is -0.161. The third-order valence-corrected chi connectivity index (χ3v) is 6.15. The zero-order valence-corrected chi connectivity index (χ0v) is 21.9. The minimum atomic E-state index is -4.72. The summed E-state index contributed by atoms with van der Waals surface area (Å²) in [5.74, 6) is -0.119. The molecule has 0 bridgehead atoms. The van der Waals surface area contributed by atoms with Crippen molar-refractivity contribution < 1.29 is 37.9 Å². The summed E-state index contributed by atoms with van der Waals surface area (Å²) in [6.07, 6.45) is 13.2. The molecule has 9 heteroatoms. The van der Waals surface area contributed by atoms with E-state index in [-0.39, 0.29) is 19.4 Å². The molecule has 0 amide bonds. The summed E-state index contributed by atoms with van der Waals surface area (Å²) in [6.45, 7) is 5.79. The third-order valence-electron chi connectivity index (χ3n) is 5.67. The van der Waals surface area contributed by atoms with Crippen LogP contribution in [0, 0.1) is 5.92 Å². The van der Waals surface area contributed by atoms with Crippen LogP contribution in [0.5, 0.6) is 0 Å². The van der Waals surface area contributed by atoms with Crippen LogP contribution >= 0.6 is 7.82 Å². The van der Waals surface area contributed by atoms with Crippen LogP contribution in [-0.2, 0) is 28.2 Å². The van der Waals surface area contributed by atoms with Crippen LogP contribution in [0.1, 0.15) is 117 Å². The number of ether oxygens (including phenoxy) is 2. The molecule has 0 aromatic heterocycles. The van der Waals surface area contributed by atoms with Crippen molar-refractivity contribution >= 4 is 19.8 Å². The fourth-order valence-electron chi connectivity index (χ4n) is 3.35. The van der Waals surface area contributed by atoms with Gasteiger partial charge in [-0.05, 0) is 18.8 Å². The van der Waals surface area contributed by atoms with Gasteiger partial charge in [0.1, 0.15) is 6.61 Å². The number of phosphoric ester groups is 1. The van der Waals surface area contributed by atoms with Gasteiger partial charge in [-0.3, -0.25) is 14.1 Å². The second kappa shape index (κ2) is 20.4. The van der Waals surface area contributed by atoms with Crippen LogP contribution in [0.25, 0.3) is 0 Å². The number of hydrogen-bond acceptors (Lipinski definition) is 6. The van der Waals surface area contributed by atoms with Crippen molar-refractivity contribution in [1.82, 2.24) is 0 Å². The van der Waals surface area contributed by atoms with Gasteiger partial charge < -0.3 is 19.3 Å². The first kappa shape index (κ1) is 32.0. The molecular weight excluding hydrogens is 447 g/mol. The molecular formula is C24H47O8P. The highest BCUT2D eigenvalue weighted by molar-refractivity contribution is 7.46. The van der Waals surface area contributed by atoms with Crippen molar-refractivity contribution in [3.63, 3.8) is 0 Å². The van der Waals surface area contributed by atoms with Crippen LogP contribution in [0.2, 0.25) is 0 Å². The van der Waals surface area contributed by atoms with Gasteiger partial charge in [-0.15, -0.1) is 0 Å². The predicted molar refractivity (Wildman–Crippen MR) is 129 cm³/mol. The zero-order chi connectivity index (χ0) is 25.0. The lowest BCUT2D eigenvalue weighted by atomic mass is 10.00. The molecule has 0 saturated carbocycles. The van der Waals surface area contributed by atoms with Crippen molar-refractivity contribution in [3.8, 4) is 0 Å². The Morgan fingerprint density at radius 1 is 0.788 bits per heavy atom. The summed E-state index contributed by atoms with van der Waals surface area (Å²) in [6, 6.07) is 0. The van der Waals surface area contributed by atoms with E-state index in [1.807, 2.05) is 0 Å². The Hall–Kier alpha value is -0.950. The van der Waals surface area contributed by atoms with Gasteiger partial charge in [-0.2, -0.15) is 0 Å². The van der Waals surface area contributed by atoms with E-state index >= 15 is 0 Å². The molecule has 0 aliphatic heterocycles. The lowest BCUT2D eigenvalue weighted by Gasteiger charge is -2.18. The van der Waals surface area contributed by atoms with E-state index in [9.17, 15) is 14.2 Å². The van der Waals surface area contributed by atoms with Crippen LogP contribution in [-0.4, -0.2) is 41.0 Å². The fraction of sp³-hybridized carbons (Fsp3) is 0.917. The number of hydrogen-bond donors (Lipinski definition) is 2. The number of rotatable bonds is 22. The summed E-state index contributed by atoms with van der Waals surface area (Å²) in [4.78, 5) is 41.8. The average molecular weight is 495 g/mol. The summed E-state index contributed by atoms with van der Waals surface area (Å²) in [5, 5.41) is 0. The highest BCUT2D eigenvalue weighted by atomic mass is 31.2. The maximum absolute atomic E-state index is 12.1. The number of carbonyl (C=O) groups is 2. The van der Waals surface area contributed by atoms with Crippen molar-refractivity contribution in [2.45, 2.75) is 123 Å². The molecule has 0 saturated heterocycles. The number of phosphoric acid groups is 1. The van der Waals surface area contributed by atoms with Gasteiger partial charge in [0.2, 0.25) is 0 Å². The summed E-state index contributed by atoms with van der Waals surface area (Å²) in [5.41, 5.74) is 0. The molecule has 33 heavy (non-hydrogen) atoms. The SMILES string of the molecule is CCCCCCCC(=O)OC[C@H](COP(=O)(O)O)OC(=O)CCCCCCCCC(C)CC. The molecule has 0 heterocycles. The molecule has 0 rings (SSSR count). The van der Waals surface area contributed by atoms with Crippen molar-refractivity contribution in [3.05, 3.63) is 0 Å². The normalized spacial score (nSPS) is 13.5. The highest BCUT2D eigenvalue weighted by Crippen LogP contribution is 2.35. The van der Waals surface area contributed by atoms with E-state index in [0.29, 0.717) is 6.42 Å². The largest absolute Gasteiger partial charge is 0.469 e. The Kier molecular flexibility index (Phi) is 19.8. The molecule has 8 nitrogen and oxygen atoms in total. The first-order valence-corrected chi connectivity index (χ1v) is 14.3.